The lowest BCUT2D eigenvalue weighted by atomic mass is 9.93. The molecule has 1 aromatic carbocycles. The third kappa shape index (κ3) is 5.58. The summed E-state index contributed by atoms with van der Waals surface area (Å²) in [6.07, 6.45) is 7.04. The average Bonchev–Trinajstić information content (AvgIpc) is 2.65. The predicted molar refractivity (Wildman–Crippen MR) is 101 cm³/mol. The summed E-state index contributed by atoms with van der Waals surface area (Å²) >= 11 is 0. The predicted octanol–water partition coefficient (Wildman–Crippen LogP) is 2.61. The molecule has 25 heavy (non-hydrogen) atoms. The zero-order chi connectivity index (χ0) is 17.5. The molecule has 1 amide bonds. The fraction of sp³-hybridized carbons (Fsp3) is 0.550. The second-order valence-corrected chi connectivity index (χ2v) is 6.99. The maximum Gasteiger partial charge on any atom is 0.227 e. The summed E-state index contributed by atoms with van der Waals surface area (Å²) < 4.78 is 5.83. The third-order valence-electron chi connectivity index (χ3n) is 5.03. The van der Waals surface area contributed by atoms with Gasteiger partial charge in [0.05, 0.1) is 0 Å². The van der Waals surface area contributed by atoms with Crippen molar-refractivity contribution in [2.45, 2.75) is 19.3 Å². The highest BCUT2D eigenvalue weighted by molar-refractivity contribution is 5.92. The molecule has 1 aliphatic carbocycles. The number of carbonyl (C=O) groups excluding carboxylic acids is 1. The van der Waals surface area contributed by atoms with Crippen LogP contribution in [0.25, 0.3) is 0 Å². The van der Waals surface area contributed by atoms with E-state index in [2.05, 4.69) is 34.3 Å². The van der Waals surface area contributed by atoms with Crippen molar-refractivity contribution in [3.8, 4) is 5.75 Å². The molecule has 0 aromatic heterocycles. The zero-order valence-corrected chi connectivity index (χ0v) is 15.1. The third-order valence-corrected chi connectivity index (χ3v) is 5.03. The Hall–Kier alpha value is -1.85. The maximum absolute atomic E-state index is 12.2. The van der Waals surface area contributed by atoms with Gasteiger partial charge < -0.3 is 15.0 Å². The largest absolute Gasteiger partial charge is 0.492 e. The number of ether oxygens (including phenoxy) is 1. The number of nitrogens with one attached hydrogen (secondary N) is 1. The van der Waals surface area contributed by atoms with Gasteiger partial charge >= 0.3 is 0 Å². The number of anilines is 1. The van der Waals surface area contributed by atoms with E-state index in [-0.39, 0.29) is 11.8 Å². The quantitative estimate of drug-likeness (QED) is 0.807. The van der Waals surface area contributed by atoms with Crippen LogP contribution in [-0.2, 0) is 4.79 Å². The van der Waals surface area contributed by atoms with Gasteiger partial charge in [0, 0.05) is 44.3 Å². The maximum atomic E-state index is 12.2. The molecule has 1 N–H and O–H groups in total. The van der Waals surface area contributed by atoms with Crippen molar-refractivity contribution in [1.82, 2.24) is 9.80 Å². The SMILES string of the molecule is CN1CCN(CCOc2ccc(NC(=O)[C@H]3CC=CCC3)cc2)CC1. The first kappa shape index (κ1) is 18.0. The Labute approximate surface area is 150 Å². The van der Waals surface area contributed by atoms with Gasteiger partial charge in [-0.25, -0.2) is 0 Å². The molecule has 0 bridgehead atoms. The minimum atomic E-state index is 0.101. The van der Waals surface area contributed by atoms with Crippen molar-refractivity contribution in [3.05, 3.63) is 36.4 Å². The lowest BCUT2D eigenvalue weighted by Gasteiger charge is -2.32. The molecule has 1 heterocycles. The van der Waals surface area contributed by atoms with Gasteiger partial charge in [-0.3, -0.25) is 9.69 Å². The summed E-state index contributed by atoms with van der Waals surface area (Å²) in [5, 5.41) is 3.01. The molecule has 0 radical (unpaired) electrons. The van der Waals surface area contributed by atoms with Gasteiger partial charge in [0.1, 0.15) is 12.4 Å². The normalized spacial score (nSPS) is 21.9. The molecule has 3 rings (SSSR count). The van der Waals surface area contributed by atoms with Gasteiger partial charge in [0.2, 0.25) is 5.91 Å². The minimum Gasteiger partial charge on any atom is -0.492 e. The smallest absolute Gasteiger partial charge is 0.227 e. The molecular weight excluding hydrogens is 314 g/mol. The molecule has 5 nitrogen and oxygen atoms in total. The van der Waals surface area contributed by atoms with Crippen LogP contribution in [0, 0.1) is 5.92 Å². The van der Waals surface area contributed by atoms with E-state index in [0.29, 0.717) is 6.61 Å². The van der Waals surface area contributed by atoms with Crippen LogP contribution in [-0.4, -0.2) is 62.1 Å². The van der Waals surface area contributed by atoms with E-state index in [1.54, 1.807) is 0 Å². The standard InChI is InChI=1S/C20H29N3O2/c1-22-11-13-23(14-12-22)15-16-25-19-9-7-18(8-10-19)21-20(24)17-5-3-2-4-6-17/h2-3,7-10,17H,4-6,11-16H2,1H3,(H,21,24)/t17-/m0/s1. The second kappa shape index (κ2) is 9.02. The summed E-state index contributed by atoms with van der Waals surface area (Å²) in [6, 6.07) is 7.70. The molecule has 5 heteroatoms. The van der Waals surface area contributed by atoms with Crippen molar-refractivity contribution in [2.75, 3.05) is 51.7 Å². The Bertz CT molecular complexity index is 577. The van der Waals surface area contributed by atoms with E-state index >= 15 is 0 Å². The van der Waals surface area contributed by atoms with E-state index in [1.165, 1.54) is 0 Å². The van der Waals surface area contributed by atoms with Gasteiger partial charge in [-0.05, 0) is 50.6 Å². The van der Waals surface area contributed by atoms with Crippen LogP contribution in [0.3, 0.4) is 0 Å². The van der Waals surface area contributed by atoms with E-state index in [4.69, 9.17) is 4.74 Å². The fourth-order valence-electron chi connectivity index (χ4n) is 3.27. The molecular formula is C20H29N3O2. The van der Waals surface area contributed by atoms with Crippen LogP contribution in [0.5, 0.6) is 5.75 Å². The van der Waals surface area contributed by atoms with Crippen molar-refractivity contribution in [3.63, 3.8) is 0 Å². The number of benzene rings is 1. The van der Waals surface area contributed by atoms with E-state index in [1.807, 2.05) is 24.3 Å². The minimum absolute atomic E-state index is 0.101. The molecule has 0 spiro atoms. The highest BCUT2D eigenvalue weighted by Gasteiger charge is 2.18. The van der Waals surface area contributed by atoms with Crippen LogP contribution >= 0.6 is 0 Å². The van der Waals surface area contributed by atoms with Crippen LogP contribution in [0.4, 0.5) is 5.69 Å². The highest BCUT2D eigenvalue weighted by Crippen LogP contribution is 2.21. The Morgan fingerprint density at radius 2 is 1.92 bits per heavy atom. The van der Waals surface area contributed by atoms with Crippen molar-refractivity contribution < 1.29 is 9.53 Å². The molecule has 1 atom stereocenters. The molecule has 1 aliphatic heterocycles. The average molecular weight is 343 g/mol. The fourth-order valence-corrected chi connectivity index (χ4v) is 3.27. The highest BCUT2D eigenvalue weighted by atomic mass is 16.5. The summed E-state index contributed by atoms with van der Waals surface area (Å²) in [6.45, 7) is 6.14. The number of carbonyl (C=O) groups is 1. The number of hydrogen-bond donors (Lipinski definition) is 1. The summed E-state index contributed by atoms with van der Waals surface area (Å²) in [4.78, 5) is 17.0. The first-order valence-electron chi connectivity index (χ1n) is 9.30. The first-order chi connectivity index (χ1) is 12.2. The van der Waals surface area contributed by atoms with Crippen molar-refractivity contribution in [1.29, 1.82) is 0 Å². The number of piperazine rings is 1. The van der Waals surface area contributed by atoms with E-state index < -0.39 is 0 Å². The topological polar surface area (TPSA) is 44.8 Å². The number of likely N-dealkylation sites (N-methyl/N-ethyl adjacent to an activating group) is 1. The lowest BCUT2D eigenvalue weighted by Crippen LogP contribution is -2.45. The van der Waals surface area contributed by atoms with Gasteiger partial charge in [-0.15, -0.1) is 0 Å². The summed E-state index contributed by atoms with van der Waals surface area (Å²) in [5.74, 6) is 1.07. The molecule has 1 fully saturated rings. The number of allylic oxidation sites excluding steroid dienone is 2. The van der Waals surface area contributed by atoms with Crippen molar-refractivity contribution in [2.24, 2.45) is 5.92 Å². The van der Waals surface area contributed by atoms with Gasteiger partial charge in [-0.2, -0.15) is 0 Å². The number of nitrogens with zero attached hydrogens (tertiary/aromatic N) is 2. The zero-order valence-electron chi connectivity index (χ0n) is 15.1. The molecule has 1 aromatic rings. The number of hydrogen-bond acceptors (Lipinski definition) is 4. The van der Waals surface area contributed by atoms with Gasteiger partial charge in [0.15, 0.2) is 0 Å². The van der Waals surface area contributed by atoms with Crippen LogP contribution in [0.2, 0.25) is 0 Å². The number of amides is 1. The Balaban J connectivity index is 1.39. The molecule has 0 saturated carbocycles. The van der Waals surface area contributed by atoms with E-state index in [9.17, 15) is 4.79 Å². The summed E-state index contributed by atoms with van der Waals surface area (Å²) in [5.41, 5.74) is 0.839. The monoisotopic (exact) mass is 343 g/mol. The van der Waals surface area contributed by atoms with Crippen molar-refractivity contribution >= 4 is 11.6 Å². The molecule has 136 valence electrons. The second-order valence-electron chi connectivity index (χ2n) is 6.99. The number of rotatable bonds is 6. The Morgan fingerprint density at radius 3 is 2.60 bits per heavy atom. The van der Waals surface area contributed by atoms with E-state index in [0.717, 1.165) is 63.4 Å². The van der Waals surface area contributed by atoms with Crippen LogP contribution < -0.4 is 10.1 Å². The van der Waals surface area contributed by atoms with Gasteiger partial charge in [0.25, 0.3) is 0 Å². The molecule has 2 aliphatic rings. The van der Waals surface area contributed by atoms with Gasteiger partial charge in [-0.1, -0.05) is 12.2 Å². The lowest BCUT2D eigenvalue weighted by molar-refractivity contribution is -0.120. The molecule has 1 saturated heterocycles. The summed E-state index contributed by atoms with van der Waals surface area (Å²) in [7, 11) is 2.17. The van der Waals surface area contributed by atoms with Crippen LogP contribution in [0.15, 0.2) is 36.4 Å². The first-order valence-corrected chi connectivity index (χ1v) is 9.30. The molecule has 0 unspecified atom stereocenters. The Morgan fingerprint density at radius 1 is 1.16 bits per heavy atom. The Kier molecular flexibility index (Phi) is 6.48. The van der Waals surface area contributed by atoms with Crippen LogP contribution in [0.1, 0.15) is 19.3 Å².